The molecule has 2 aromatic rings. The minimum absolute atomic E-state index is 0.0806. The molecule has 1 atom stereocenters. The van der Waals surface area contributed by atoms with Gasteiger partial charge in [-0.1, -0.05) is 30.3 Å². The van der Waals surface area contributed by atoms with Crippen molar-refractivity contribution in [2.75, 3.05) is 26.7 Å². The third-order valence-corrected chi connectivity index (χ3v) is 4.63. The normalized spacial score (nSPS) is 19.8. The van der Waals surface area contributed by atoms with Gasteiger partial charge in [0.25, 0.3) is 0 Å². The highest BCUT2D eigenvalue weighted by Crippen LogP contribution is 2.26. The van der Waals surface area contributed by atoms with E-state index < -0.39 is 5.54 Å². The summed E-state index contributed by atoms with van der Waals surface area (Å²) in [5.41, 5.74) is 0.513. The number of amides is 1. The predicted molar refractivity (Wildman–Crippen MR) is 87.7 cm³/mol. The zero-order valence-corrected chi connectivity index (χ0v) is 13.9. The van der Waals surface area contributed by atoms with Gasteiger partial charge in [0, 0.05) is 19.6 Å². The molecule has 2 heterocycles. The molecule has 1 amide bonds. The van der Waals surface area contributed by atoms with Crippen LogP contribution >= 0.6 is 0 Å². The Kier molecular flexibility index (Phi) is 4.17. The first-order valence-electron chi connectivity index (χ1n) is 7.90. The Morgan fingerprint density at radius 3 is 2.61 bits per heavy atom. The molecule has 1 fully saturated rings. The van der Waals surface area contributed by atoms with Crippen LogP contribution in [-0.2, 0) is 10.3 Å². The molecule has 0 aliphatic carbocycles. The lowest BCUT2D eigenvalue weighted by Gasteiger charge is -2.42. The molecule has 6 heteroatoms. The van der Waals surface area contributed by atoms with Crippen molar-refractivity contribution in [1.82, 2.24) is 24.6 Å². The summed E-state index contributed by atoms with van der Waals surface area (Å²) in [7, 11) is 2.11. The fourth-order valence-electron chi connectivity index (χ4n) is 3.08. The van der Waals surface area contributed by atoms with Crippen molar-refractivity contribution in [2.24, 2.45) is 0 Å². The molecule has 6 nitrogen and oxygen atoms in total. The van der Waals surface area contributed by atoms with Crippen molar-refractivity contribution in [3.63, 3.8) is 0 Å². The van der Waals surface area contributed by atoms with Gasteiger partial charge in [0.2, 0.25) is 5.91 Å². The highest BCUT2D eigenvalue weighted by Gasteiger charge is 2.38. The van der Waals surface area contributed by atoms with Crippen LogP contribution in [0.1, 0.15) is 25.5 Å². The molecule has 1 saturated heterocycles. The fourth-order valence-corrected chi connectivity index (χ4v) is 3.08. The highest BCUT2D eigenvalue weighted by atomic mass is 16.2. The Labute approximate surface area is 136 Å². The SMILES string of the molecule is CN1CCN(C(=O)C(C)(C)n2cncn2)CC1c1ccccc1. The van der Waals surface area contributed by atoms with E-state index in [9.17, 15) is 4.79 Å². The van der Waals surface area contributed by atoms with Gasteiger partial charge < -0.3 is 4.90 Å². The molecule has 3 rings (SSSR count). The van der Waals surface area contributed by atoms with Gasteiger partial charge in [-0.15, -0.1) is 0 Å². The summed E-state index contributed by atoms with van der Waals surface area (Å²) in [6.45, 7) is 6.06. The van der Waals surface area contributed by atoms with Crippen molar-refractivity contribution in [3.8, 4) is 0 Å². The standard InChI is InChI=1S/C17H23N5O/c1-17(2,22-13-18-12-19-22)16(23)21-10-9-20(3)15(11-21)14-7-5-4-6-8-14/h4-8,12-13,15H,9-11H2,1-3H3. The first kappa shape index (κ1) is 15.7. The van der Waals surface area contributed by atoms with E-state index >= 15 is 0 Å². The Balaban J connectivity index is 1.80. The summed E-state index contributed by atoms with van der Waals surface area (Å²) in [6, 6.07) is 10.6. The summed E-state index contributed by atoms with van der Waals surface area (Å²) >= 11 is 0. The van der Waals surface area contributed by atoms with Gasteiger partial charge >= 0.3 is 0 Å². The van der Waals surface area contributed by atoms with Crippen LogP contribution in [-0.4, -0.2) is 57.2 Å². The molecule has 1 aliphatic heterocycles. The second kappa shape index (κ2) is 6.12. The quantitative estimate of drug-likeness (QED) is 0.862. The van der Waals surface area contributed by atoms with Crippen molar-refractivity contribution in [1.29, 1.82) is 0 Å². The Morgan fingerprint density at radius 2 is 1.96 bits per heavy atom. The fraction of sp³-hybridized carbons (Fsp3) is 0.471. The summed E-state index contributed by atoms with van der Waals surface area (Å²) in [6.07, 6.45) is 3.06. The number of rotatable bonds is 3. The summed E-state index contributed by atoms with van der Waals surface area (Å²) in [5, 5.41) is 4.14. The van der Waals surface area contributed by atoms with Crippen LogP contribution in [0.25, 0.3) is 0 Å². The van der Waals surface area contributed by atoms with Crippen LogP contribution in [0.15, 0.2) is 43.0 Å². The molecule has 0 radical (unpaired) electrons. The van der Waals surface area contributed by atoms with Crippen molar-refractivity contribution < 1.29 is 4.79 Å². The van der Waals surface area contributed by atoms with Crippen LogP contribution in [0.4, 0.5) is 0 Å². The van der Waals surface area contributed by atoms with E-state index in [0.717, 1.165) is 13.1 Å². The van der Waals surface area contributed by atoms with Gasteiger partial charge in [-0.05, 0) is 26.5 Å². The Hall–Kier alpha value is -2.21. The van der Waals surface area contributed by atoms with E-state index in [1.807, 2.05) is 36.9 Å². The number of nitrogens with zero attached hydrogens (tertiary/aromatic N) is 5. The lowest BCUT2D eigenvalue weighted by Crippen LogP contribution is -2.55. The summed E-state index contributed by atoms with van der Waals surface area (Å²) < 4.78 is 1.63. The number of aromatic nitrogens is 3. The van der Waals surface area contributed by atoms with Crippen LogP contribution in [0.2, 0.25) is 0 Å². The first-order chi connectivity index (χ1) is 11.0. The number of likely N-dealkylation sites (N-methyl/N-ethyl adjacent to an activating group) is 1. The largest absolute Gasteiger partial charge is 0.337 e. The molecule has 0 saturated carbocycles. The van der Waals surface area contributed by atoms with E-state index in [0.29, 0.717) is 6.54 Å². The van der Waals surface area contributed by atoms with Crippen LogP contribution in [0, 0.1) is 0 Å². The van der Waals surface area contributed by atoms with Crippen LogP contribution in [0.5, 0.6) is 0 Å². The molecule has 122 valence electrons. The molecule has 23 heavy (non-hydrogen) atoms. The predicted octanol–water partition coefficient (Wildman–Crippen LogP) is 1.53. The van der Waals surface area contributed by atoms with E-state index in [4.69, 9.17) is 0 Å². The highest BCUT2D eigenvalue weighted by molar-refractivity contribution is 5.83. The van der Waals surface area contributed by atoms with Gasteiger partial charge in [-0.25, -0.2) is 9.67 Å². The van der Waals surface area contributed by atoms with Crippen molar-refractivity contribution in [2.45, 2.75) is 25.4 Å². The average Bonchev–Trinajstić information content (AvgIpc) is 3.11. The van der Waals surface area contributed by atoms with E-state index in [1.54, 1.807) is 11.0 Å². The summed E-state index contributed by atoms with van der Waals surface area (Å²) in [5.74, 6) is 0.0806. The second-order valence-electron chi connectivity index (χ2n) is 6.56. The third-order valence-electron chi connectivity index (χ3n) is 4.63. The minimum Gasteiger partial charge on any atom is -0.337 e. The third kappa shape index (κ3) is 2.99. The smallest absolute Gasteiger partial charge is 0.250 e. The lowest BCUT2D eigenvalue weighted by molar-refractivity contribution is -0.142. The second-order valence-corrected chi connectivity index (χ2v) is 6.56. The van der Waals surface area contributed by atoms with Gasteiger partial charge in [-0.3, -0.25) is 9.69 Å². The maximum atomic E-state index is 13.0. The minimum atomic E-state index is -0.729. The van der Waals surface area contributed by atoms with Gasteiger partial charge in [0.05, 0.1) is 6.04 Å². The van der Waals surface area contributed by atoms with Crippen LogP contribution in [0.3, 0.4) is 0 Å². The van der Waals surface area contributed by atoms with Crippen LogP contribution < -0.4 is 0 Å². The number of carbonyl (C=O) groups excluding carboxylic acids is 1. The van der Waals surface area contributed by atoms with E-state index in [2.05, 4.69) is 34.2 Å². The summed E-state index contributed by atoms with van der Waals surface area (Å²) in [4.78, 5) is 21.2. The number of hydrogen-bond donors (Lipinski definition) is 0. The van der Waals surface area contributed by atoms with E-state index in [1.165, 1.54) is 11.9 Å². The number of benzene rings is 1. The molecule has 0 spiro atoms. The molecular formula is C17H23N5O. The van der Waals surface area contributed by atoms with Crippen molar-refractivity contribution >= 4 is 5.91 Å². The monoisotopic (exact) mass is 313 g/mol. The molecule has 1 aromatic carbocycles. The zero-order valence-electron chi connectivity index (χ0n) is 13.9. The maximum absolute atomic E-state index is 13.0. The van der Waals surface area contributed by atoms with Crippen molar-refractivity contribution in [3.05, 3.63) is 48.5 Å². The maximum Gasteiger partial charge on any atom is 0.250 e. The molecule has 1 unspecified atom stereocenters. The molecular weight excluding hydrogens is 290 g/mol. The zero-order chi connectivity index (χ0) is 16.4. The topological polar surface area (TPSA) is 54.3 Å². The van der Waals surface area contributed by atoms with Gasteiger partial charge in [0.1, 0.15) is 18.2 Å². The average molecular weight is 313 g/mol. The molecule has 1 aromatic heterocycles. The number of hydrogen-bond acceptors (Lipinski definition) is 4. The lowest BCUT2D eigenvalue weighted by atomic mass is 9.99. The first-order valence-corrected chi connectivity index (χ1v) is 7.90. The van der Waals surface area contributed by atoms with Gasteiger partial charge in [0.15, 0.2) is 0 Å². The molecule has 0 bridgehead atoms. The molecule has 0 N–H and O–H groups in total. The number of piperazine rings is 1. The van der Waals surface area contributed by atoms with E-state index in [-0.39, 0.29) is 11.9 Å². The molecule has 1 aliphatic rings. The number of carbonyl (C=O) groups is 1. The van der Waals surface area contributed by atoms with Gasteiger partial charge in [-0.2, -0.15) is 5.10 Å². The Bertz CT molecular complexity index is 653. The Morgan fingerprint density at radius 1 is 1.22 bits per heavy atom.